The maximum atomic E-state index is 13.4. The van der Waals surface area contributed by atoms with Gasteiger partial charge in [0.25, 0.3) is 0 Å². The third-order valence-electron chi connectivity index (χ3n) is 4.85. The topological polar surface area (TPSA) is 45.9 Å². The number of hydrogen-bond donors (Lipinski definition) is 0. The molecule has 1 heterocycles. The number of nitrogens with zero attached hydrogens (tertiary/aromatic N) is 2. The predicted molar refractivity (Wildman–Crippen MR) is 98.4 cm³/mol. The highest BCUT2D eigenvalue weighted by Gasteiger charge is 2.25. The van der Waals surface area contributed by atoms with Crippen LogP contribution >= 0.6 is 0 Å². The maximum Gasteiger partial charge on any atom is 0.232 e. The van der Waals surface area contributed by atoms with E-state index in [2.05, 4.69) is 23.2 Å². The number of methoxy groups -OCH3 is 1. The molecule has 0 spiro atoms. The van der Waals surface area contributed by atoms with Crippen LogP contribution < -0.4 is 4.74 Å². The lowest BCUT2D eigenvalue weighted by atomic mass is 9.91. The first-order valence-corrected chi connectivity index (χ1v) is 8.58. The Balaban J connectivity index is 2.08. The second kappa shape index (κ2) is 6.61. The smallest absolute Gasteiger partial charge is 0.232 e. The first-order valence-electron chi connectivity index (χ1n) is 8.58. The highest BCUT2D eigenvalue weighted by atomic mass is 19.1. The molecule has 0 bridgehead atoms. The molecule has 0 atom stereocenters. The van der Waals surface area contributed by atoms with Gasteiger partial charge in [-0.25, -0.2) is 9.37 Å². The zero-order valence-corrected chi connectivity index (χ0v) is 14.4. The number of hydrogen-bond acceptors (Lipinski definition) is 3. The van der Waals surface area contributed by atoms with E-state index in [-0.39, 0.29) is 5.82 Å². The summed E-state index contributed by atoms with van der Waals surface area (Å²) in [6.07, 6.45) is 2.74. The van der Waals surface area contributed by atoms with E-state index in [0.717, 1.165) is 47.2 Å². The summed E-state index contributed by atoms with van der Waals surface area (Å²) >= 11 is 0. The summed E-state index contributed by atoms with van der Waals surface area (Å²) < 4.78 is 18.9. The number of rotatable bonds is 2. The van der Waals surface area contributed by atoms with Crippen molar-refractivity contribution in [2.45, 2.75) is 19.3 Å². The van der Waals surface area contributed by atoms with Crippen LogP contribution in [0.3, 0.4) is 0 Å². The van der Waals surface area contributed by atoms with Gasteiger partial charge in [-0.15, -0.1) is 0 Å². The molecule has 0 fully saturated rings. The monoisotopic (exact) mass is 344 g/mol. The fourth-order valence-electron chi connectivity index (χ4n) is 3.68. The molecule has 1 aliphatic rings. The van der Waals surface area contributed by atoms with Crippen molar-refractivity contribution in [3.05, 3.63) is 71.0 Å². The molecule has 1 aliphatic carbocycles. The molecule has 3 nitrogen and oxygen atoms in total. The number of aromatic nitrogens is 1. The molecule has 0 amide bonds. The van der Waals surface area contributed by atoms with Gasteiger partial charge in [-0.1, -0.05) is 36.4 Å². The lowest BCUT2D eigenvalue weighted by Crippen LogP contribution is -2.03. The number of ether oxygens (including phenoxy) is 1. The Morgan fingerprint density at radius 2 is 1.85 bits per heavy atom. The van der Waals surface area contributed by atoms with Gasteiger partial charge in [0, 0.05) is 11.1 Å². The minimum absolute atomic E-state index is 0.301. The van der Waals surface area contributed by atoms with E-state index >= 15 is 0 Å². The number of fused-ring (bicyclic) bond motifs is 3. The molecule has 0 saturated carbocycles. The Morgan fingerprint density at radius 3 is 2.58 bits per heavy atom. The fourth-order valence-corrected chi connectivity index (χ4v) is 3.68. The van der Waals surface area contributed by atoms with Gasteiger partial charge in [-0.05, 0) is 48.1 Å². The van der Waals surface area contributed by atoms with Gasteiger partial charge < -0.3 is 4.74 Å². The first-order chi connectivity index (χ1) is 12.7. The van der Waals surface area contributed by atoms with Crippen LogP contribution in [0.25, 0.3) is 22.4 Å². The van der Waals surface area contributed by atoms with E-state index in [9.17, 15) is 9.65 Å². The van der Waals surface area contributed by atoms with Crippen LogP contribution in [0.15, 0.2) is 48.5 Å². The normalized spacial score (nSPS) is 12.5. The van der Waals surface area contributed by atoms with E-state index in [4.69, 9.17) is 4.74 Å². The van der Waals surface area contributed by atoms with Crippen molar-refractivity contribution in [2.24, 2.45) is 0 Å². The van der Waals surface area contributed by atoms with Crippen molar-refractivity contribution in [1.82, 2.24) is 4.98 Å². The van der Waals surface area contributed by atoms with Gasteiger partial charge in [0.1, 0.15) is 17.4 Å². The van der Waals surface area contributed by atoms with Gasteiger partial charge in [-0.3, -0.25) is 0 Å². The lowest BCUT2D eigenvalue weighted by molar-refractivity contribution is 0.397. The molecule has 4 heteroatoms. The summed E-state index contributed by atoms with van der Waals surface area (Å²) in [5.74, 6) is 0.00647. The lowest BCUT2D eigenvalue weighted by Gasteiger charge is -2.17. The predicted octanol–water partition coefficient (Wildman–Crippen LogP) is 4.92. The highest BCUT2D eigenvalue weighted by Crippen LogP contribution is 2.41. The van der Waals surface area contributed by atoms with E-state index < -0.39 is 0 Å². The van der Waals surface area contributed by atoms with Crippen molar-refractivity contribution in [1.29, 1.82) is 5.26 Å². The molecule has 128 valence electrons. The Morgan fingerprint density at radius 1 is 1.08 bits per heavy atom. The molecular formula is C22H17FN2O. The van der Waals surface area contributed by atoms with E-state index in [1.807, 2.05) is 12.1 Å². The quantitative estimate of drug-likeness (QED) is 0.662. The van der Waals surface area contributed by atoms with Crippen LogP contribution in [0.5, 0.6) is 5.88 Å². The zero-order chi connectivity index (χ0) is 18.1. The fraction of sp³-hybridized carbons (Fsp3) is 0.182. The molecule has 0 aliphatic heterocycles. The number of pyridine rings is 1. The molecule has 0 radical (unpaired) electrons. The number of halogens is 1. The Bertz CT molecular complexity index is 1020. The van der Waals surface area contributed by atoms with Crippen LogP contribution in [-0.4, -0.2) is 12.1 Å². The standard InChI is InChI=1S/C22H17FN2O/c1-26-22-19(13-24)20(15-9-11-16(23)12-10-15)18-8-4-6-14-5-2-3-7-17(14)21(18)25-22/h2-3,5,7,9-12H,4,6,8H2,1H3. The molecule has 26 heavy (non-hydrogen) atoms. The highest BCUT2D eigenvalue weighted by molar-refractivity contribution is 5.83. The van der Waals surface area contributed by atoms with Crippen LogP contribution in [0, 0.1) is 17.1 Å². The van der Waals surface area contributed by atoms with Gasteiger partial charge >= 0.3 is 0 Å². The molecule has 0 N–H and O–H groups in total. The van der Waals surface area contributed by atoms with Crippen molar-refractivity contribution in [3.8, 4) is 34.3 Å². The summed E-state index contributed by atoms with van der Waals surface area (Å²) in [4.78, 5) is 4.69. The molecule has 1 aromatic heterocycles. The largest absolute Gasteiger partial charge is 0.480 e. The van der Waals surface area contributed by atoms with E-state index in [0.29, 0.717) is 11.4 Å². The van der Waals surface area contributed by atoms with E-state index in [1.165, 1.54) is 24.8 Å². The average Bonchev–Trinajstić information content (AvgIpc) is 2.86. The first kappa shape index (κ1) is 16.3. The molecular weight excluding hydrogens is 327 g/mol. The van der Waals surface area contributed by atoms with Crippen LogP contribution in [0.1, 0.15) is 23.1 Å². The number of benzene rings is 2. The Hall–Kier alpha value is -3.19. The van der Waals surface area contributed by atoms with Gasteiger partial charge in [0.15, 0.2) is 0 Å². The van der Waals surface area contributed by atoms with Crippen molar-refractivity contribution in [2.75, 3.05) is 7.11 Å². The Kier molecular flexibility index (Phi) is 4.14. The summed E-state index contributed by atoms with van der Waals surface area (Å²) in [5, 5.41) is 9.77. The second-order valence-electron chi connectivity index (χ2n) is 6.33. The van der Waals surface area contributed by atoms with Gasteiger partial charge in [0.05, 0.1) is 12.8 Å². The molecule has 2 aromatic carbocycles. The summed E-state index contributed by atoms with van der Waals surface area (Å²) in [6.45, 7) is 0. The molecule has 0 unspecified atom stereocenters. The van der Waals surface area contributed by atoms with Crippen LogP contribution in [0.4, 0.5) is 4.39 Å². The molecule has 3 aromatic rings. The Labute approximate surface area is 151 Å². The van der Waals surface area contributed by atoms with Gasteiger partial charge in [0.2, 0.25) is 5.88 Å². The van der Waals surface area contributed by atoms with Crippen LogP contribution in [0.2, 0.25) is 0 Å². The summed E-state index contributed by atoms with van der Waals surface area (Å²) in [6, 6.07) is 16.7. The maximum absolute atomic E-state index is 13.4. The second-order valence-corrected chi connectivity index (χ2v) is 6.33. The van der Waals surface area contributed by atoms with Crippen LogP contribution in [-0.2, 0) is 12.8 Å². The third kappa shape index (κ3) is 2.62. The van der Waals surface area contributed by atoms with Crippen molar-refractivity contribution in [3.63, 3.8) is 0 Å². The number of nitriles is 1. The van der Waals surface area contributed by atoms with Crippen molar-refractivity contribution >= 4 is 0 Å². The van der Waals surface area contributed by atoms with Gasteiger partial charge in [-0.2, -0.15) is 5.26 Å². The molecule has 0 saturated heterocycles. The summed E-state index contributed by atoms with van der Waals surface area (Å²) in [5.41, 5.74) is 6.21. The van der Waals surface area contributed by atoms with E-state index in [1.54, 1.807) is 12.1 Å². The minimum Gasteiger partial charge on any atom is -0.480 e. The molecule has 4 rings (SSSR count). The van der Waals surface area contributed by atoms with Crippen molar-refractivity contribution < 1.29 is 9.13 Å². The minimum atomic E-state index is -0.301. The summed E-state index contributed by atoms with van der Waals surface area (Å²) in [7, 11) is 1.52. The zero-order valence-electron chi connectivity index (χ0n) is 14.4. The average molecular weight is 344 g/mol. The SMILES string of the molecule is COc1nc2c(c(-c3ccc(F)cc3)c1C#N)CCCc1ccccc1-2. The third-order valence-corrected chi connectivity index (χ3v) is 4.85. The number of aryl methyl sites for hydroxylation is 1.